The Labute approximate surface area is 71.6 Å². The van der Waals surface area contributed by atoms with E-state index in [0.717, 1.165) is 11.8 Å². The first-order chi connectivity index (χ1) is 4.68. The summed E-state index contributed by atoms with van der Waals surface area (Å²) in [5.41, 5.74) is 0. The standard InChI is InChI=1S/C5H9BrO.C3H6/c1-5(7)3-2-4-6;1-3-2/h2-4H2,1H3;3H,1H2,2H3. The number of carbonyl (C=O) groups excluding carboxylic acids is 1. The Balaban J connectivity index is 0. The van der Waals surface area contributed by atoms with E-state index in [2.05, 4.69) is 22.5 Å². The Morgan fingerprint density at radius 1 is 1.70 bits per heavy atom. The largest absolute Gasteiger partial charge is 0.300 e. The molecule has 60 valence electrons. The van der Waals surface area contributed by atoms with Gasteiger partial charge in [-0.25, -0.2) is 0 Å². The second kappa shape index (κ2) is 11.7. The van der Waals surface area contributed by atoms with Gasteiger partial charge in [0.1, 0.15) is 5.78 Å². The van der Waals surface area contributed by atoms with E-state index in [1.165, 1.54) is 0 Å². The van der Waals surface area contributed by atoms with Gasteiger partial charge in [-0.3, -0.25) is 0 Å². The highest BCUT2D eigenvalue weighted by atomic mass is 79.9. The van der Waals surface area contributed by atoms with Gasteiger partial charge in [-0.2, -0.15) is 0 Å². The quantitative estimate of drug-likeness (QED) is 0.513. The van der Waals surface area contributed by atoms with Gasteiger partial charge < -0.3 is 4.79 Å². The normalized spacial score (nSPS) is 7.50. The SMILES string of the molecule is C=CC.CC(=O)CCCBr. The Morgan fingerprint density at radius 3 is 2.20 bits per heavy atom. The molecule has 0 radical (unpaired) electrons. The molecule has 1 nitrogen and oxygen atoms in total. The molecule has 10 heavy (non-hydrogen) atoms. The number of alkyl halides is 1. The van der Waals surface area contributed by atoms with Gasteiger partial charge in [0, 0.05) is 11.8 Å². The molecule has 0 fully saturated rings. The van der Waals surface area contributed by atoms with Crippen molar-refractivity contribution in [2.24, 2.45) is 0 Å². The van der Waals surface area contributed by atoms with Crippen LogP contribution in [0, 0.1) is 0 Å². The smallest absolute Gasteiger partial charge is 0.129 e. The maximum absolute atomic E-state index is 10.2. The molecule has 0 aromatic rings. The molecule has 2 heteroatoms. The van der Waals surface area contributed by atoms with Crippen LogP contribution in [0.1, 0.15) is 26.7 Å². The maximum atomic E-state index is 10.2. The minimum atomic E-state index is 0.277. The summed E-state index contributed by atoms with van der Waals surface area (Å²) in [5.74, 6) is 0.277. The zero-order chi connectivity index (χ0) is 8.41. The van der Waals surface area contributed by atoms with E-state index in [9.17, 15) is 4.79 Å². The van der Waals surface area contributed by atoms with Crippen LogP contribution in [0.3, 0.4) is 0 Å². The summed E-state index contributed by atoms with van der Waals surface area (Å²) < 4.78 is 0. The van der Waals surface area contributed by atoms with Crippen LogP contribution < -0.4 is 0 Å². The molecule has 0 aromatic heterocycles. The van der Waals surface area contributed by atoms with Crippen molar-refractivity contribution in [3.63, 3.8) is 0 Å². The van der Waals surface area contributed by atoms with Crippen LogP contribution in [-0.2, 0) is 4.79 Å². The number of Topliss-reactive ketones (excluding diaryl/α,β-unsaturated/α-hetero) is 1. The van der Waals surface area contributed by atoms with E-state index in [-0.39, 0.29) is 5.78 Å². The molecule has 0 aliphatic rings. The molecule has 0 aliphatic heterocycles. The first-order valence-corrected chi connectivity index (χ1v) is 4.43. The van der Waals surface area contributed by atoms with Gasteiger partial charge in [-0.1, -0.05) is 22.0 Å². The molecule has 0 heterocycles. The topological polar surface area (TPSA) is 17.1 Å². The molecule has 0 rings (SSSR count). The number of hydrogen-bond acceptors (Lipinski definition) is 1. The molecule has 0 unspecified atom stereocenters. The summed E-state index contributed by atoms with van der Waals surface area (Å²) >= 11 is 3.23. The van der Waals surface area contributed by atoms with Gasteiger partial charge in [0.25, 0.3) is 0 Å². The second-order valence-electron chi connectivity index (χ2n) is 1.90. The van der Waals surface area contributed by atoms with Gasteiger partial charge in [-0.15, -0.1) is 6.58 Å². The average molecular weight is 207 g/mol. The second-order valence-corrected chi connectivity index (χ2v) is 2.70. The zero-order valence-corrected chi connectivity index (χ0v) is 8.28. The molecule has 0 spiro atoms. The number of allylic oxidation sites excluding steroid dienone is 1. The van der Waals surface area contributed by atoms with Crippen LogP contribution in [0.5, 0.6) is 0 Å². The Bertz CT molecular complexity index is 89.3. The van der Waals surface area contributed by atoms with Gasteiger partial charge in [-0.05, 0) is 20.3 Å². The third kappa shape index (κ3) is 24.8. The van der Waals surface area contributed by atoms with Crippen LogP contribution in [0.4, 0.5) is 0 Å². The Morgan fingerprint density at radius 2 is 2.10 bits per heavy atom. The molecular weight excluding hydrogens is 192 g/mol. The van der Waals surface area contributed by atoms with Crippen LogP contribution in [0.25, 0.3) is 0 Å². The van der Waals surface area contributed by atoms with Crippen LogP contribution in [-0.4, -0.2) is 11.1 Å². The fourth-order valence-corrected chi connectivity index (χ4v) is 0.596. The van der Waals surface area contributed by atoms with Crippen molar-refractivity contribution in [3.8, 4) is 0 Å². The summed E-state index contributed by atoms with van der Waals surface area (Å²) in [7, 11) is 0. The molecule has 0 aromatic carbocycles. The fourth-order valence-electron chi connectivity index (χ4n) is 0.316. The number of hydrogen-bond donors (Lipinski definition) is 0. The van der Waals surface area contributed by atoms with E-state index in [1.54, 1.807) is 13.0 Å². The Kier molecular flexibility index (Phi) is 14.6. The minimum Gasteiger partial charge on any atom is -0.300 e. The molecule has 0 saturated carbocycles. The molecule has 0 atom stereocenters. The van der Waals surface area contributed by atoms with Crippen molar-refractivity contribution in [2.75, 3.05) is 5.33 Å². The van der Waals surface area contributed by atoms with E-state index >= 15 is 0 Å². The van der Waals surface area contributed by atoms with Crippen molar-refractivity contribution < 1.29 is 4.79 Å². The summed E-state index contributed by atoms with van der Waals surface area (Å²) in [4.78, 5) is 10.2. The first-order valence-electron chi connectivity index (χ1n) is 3.31. The number of ketones is 1. The van der Waals surface area contributed by atoms with E-state index < -0.39 is 0 Å². The number of halogens is 1. The number of rotatable bonds is 3. The molecule has 0 saturated heterocycles. The van der Waals surface area contributed by atoms with Gasteiger partial charge >= 0.3 is 0 Å². The van der Waals surface area contributed by atoms with Crippen LogP contribution in [0.15, 0.2) is 12.7 Å². The van der Waals surface area contributed by atoms with Crippen molar-refractivity contribution in [2.45, 2.75) is 26.7 Å². The third-order valence-corrected chi connectivity index (χ3v) is 1.22. The summed E-state index contributed by atoms with van der Waals surface area (Å²) in [6, 6.07) is 0. The lowest BCUT2D eigenvalue weighted by molar-refractivity contribution is -0.117. The lowest BCUT2D eigenvalue weighted by Gasteiger charge is -1.85. The first kappa shape index (κ1) is 12.6. The maximum Gasteiger partial charge on any atom is 0.129 e. The van der Waals surface area contributed by atoms with Crippen LogP contribution in [0.2, 0.25) is 0 Å². The monoisotopic (exact) mass is 206 g/mol. The highest BCUT2D eigenvalue weighted by Crippen LogP contribution is 1.93. The minimum absolute atomic E-state index is 0.277. The molecular formula is C8H15BrO. The lowest BCUT2D eigenvalue weighted by Crippen LogP contribution is -1.88. The van der Waals surface area contributed by atoms with Gasteiger partial charge in [0.05, 0.1) is 0 Å². The summed E-state index contributed by atoms with van der Waals surface area (Å²) in [6.45, 7) is 6.86. The van der Waals surface area contributed by atoms with E-state index in [4.69, 9.17) is 0 Å². The van der Waals surface area contributed by atoms with Gasteiger partial charge in [0.15, 0.2) is 0 Å². The zero-order valence-electron chi connectivity index (χ0n) is 6.69. The van der Waals surface area contributed by atoms with Crippen LogP contribution >= 0.6 is 15.9 Å². The van der Waals surface area contributed by atoms with E-state index in [0.29, 0.717) is 6.42 Å². The molecule has 0 amide bonds. The lowest BCUT2D eigenvalue weighted by atomic mass is 10.3. The molecule has 0 bridgehead atoms. The average Bonchev–Trinajstić information content (AvgIpc) is 1.85. The third-order valence-electron chi connectivity index (χ3n) is 0.662. The van der Waals surface area contributed by atoms with Crippen molar-refractivity contribution in [1.29, 1.82) is 0 Å². The predicted molar refractivity (Wildman–Crippen MR) is 49.6 cm³/mol. The highest BCUT2D eigenvalue weighted by molar-refractivity contribution is 9.09. The van der Waals surface area contributed by atoms with Crippen molar-refractivity contribution >= 4 is 21.7 Å². The number of carbonyl (C=O) groups is 1. The van der Waals surface area contributed by atoms with E-state index in [1.807, 2.05) is 6.92 Å². The van der Waals surface area contributed by atoms with Crippen molar-refractivity contribution in [1.82, 2.24) is 0 Å². The summed E-state index contributed by atoms with van der Waals surface area (Å²) in [5, 5.41) is 0.937. The fraction of sp³-hybridized carbons (Fsp3) is 0.625. The molecule has 0 aliphatic carbocycles. The highest BCUT2D eigenvalue weighted by Gasteiger charge is 1.88. The predicted octanol–water partition coefficient (Wildman–Crippen LogP) is 2.94. The summed E-state index contributed by atoms with van der Waals surface area (Å²) in [6.07, 6.45) is 3.43. The van der Waals surface area contributed by atoms with Gasteiger partial charge in [0.2, 0.25) is 0 Å². The van der Waals surface area contributed by atoms with Crippen molar-refractivity contribution in [3.05, 3.63) is 12.7 Å². The Hall–Kier alpha value is -0.110. The molecule has 0 N–H and O–H groups in total.